The summed E-state index contributed by atoms with van der Waals surface area (Å²) in [5, 5.41) is 10.7. The summed E-state index contributed by atoms with van der Waals surface area (Å²) in [5.74, 6) is -0.203. The summed E-state index contributed by atoms with van der Waals surface area (Å²) in [6.45, 7) is 2.09. The predicted molar refractivity (Wildman–Crippen MR) is 87.4 cm³/mol. The van der Waals surface area contributed by atoms with E-state index in [1.807, 2.05) is 0 Å². The van der Waals surface area contributed by atoms with Crippen molar-refractivity contribution in [2.75, 3.05) is 32.8 Å². The zero-order valence-electron chi connectivity index (χ0n) is 13.5. The van der Waals surface area contributed by atoms with E-state index in [9.17, 15) is 23.3 Å². The average Bonchev–Trinajstić information content (AvgIpc) is 3.12. The molecule has 136 valence electrons. The first-order chi connectivity index (χ1) is 11.9. The molecule has 1 unspecified atom stereocenters. The Morgan fingerprint density at radius 3 is 2.40 bits per heavy atom. The predicted octanol–water partition coefficient (Wildman–Crippen LogP) is 0.607. The second-order valence-corrected chi connectivity index (χ2v) is 7.85. The van der Waals surface area contributed by atoms with Gasteiger partial charge in [-0.05, 0) is 25.0 Å². The molecule has 1 amide bonds. The van der Waals surface area contributed by atoms with E-state index in [2.05, 4.69) is 0 Å². The van der Waals surface area contributed by atoms with Crippen molar-refractivity contribution in [3.8, 4) is 0 Å². The molecule has 0 N–H and O–H groups in total. The molecule has 0 spiro atoms. The Kier molecular flexibility index (Phi) is 5.02. The molecule has 0 saturated carbocycles. The first-order valence-corrected chi connectivity index (χ1v) is 9.48. The number of hydrogen-bond donors (Lipinski definition) is 0. The summed E-state index contributed by atoms with van der Waals surface area (Å²) in [6.07, 6.45) is 1.08. The zero-order chi connectivity index (χ0) is 18.0. The van der Waals surface area contributed by atoms with Gasteiger partial charge in [0.2, 0.25) is 15.9 Å². The Morgan fingerprint density at radius 1 is 1.16 bits per heavy atom. The molecule has 0 aromatic heterocycles. The van der Waals surface area contributed by atoms with Crippen LogP contribution in [0.5, 0.6) is 0 Å². The maximum absolute atomic E-state index is 12.9. The van der Waals surface area contributed by atoms with Crippen LogP contribution in [0.4, 0.5) is 5.69 Å². The Morgan fingerprint density at radius 2 is 1.80 bits per heavy atom. The fourth-order valence-corrected chi connectivity index (χ4v) is 4.80. The van der Waals surface area contributed by atoms with Crippen LogP contribution in [-0.2, 0) is 19.6 Å². The fraction of sp³-hybridized carbons (Fsp3) is 0.533. The van der Waals surface area contributed by atoms with Gasteiger partial charge in [-0.25, -0.2) is 8.42 Å². The van der Waals surface area contributed by atoms with E-state index in [0.29, 0.717) is 39.1 Å². The number of amides is 1. The van der Waals surface area contributed by atoms with Gasteiger partial charge in [0.05, 0.1) is 23.0 Å². The molecule has 0 radical (unpaired) electrons. The average molecular weight is 369 g/mol. The summed E-state index contributed by atoms with van der Waals surface area (Å²) < 4.78 is 32.2. The second-order valence-electron chi connectivity index (χ2n) is 5.96. The molecule has 10 heteroatoms. The summed E-state index contributed by atoms with van der Waals surface area (Å²) in [4.78, 5) is 24.4. The van der Waals surface area contributed by atoms with Gasteiger partial charge in [-0.2, -0.15) is 4.31 Å². The van der Waals surface area contributed by atoms with Crippen molar-refractivity contribution < 1.29 is 22.9 Å². The van der Waals surface area contributed by atoms with Gasteiger partial charge in [0.15, 0.2) is 0 Å². The molecule has 1 aromatic rings. The van der Waals surface area contributed by atoms with Gasteiger partial charge in [-0.15, -0.1) is 0 Å². The van der Waals surface area contributed by atoms with Gasteiger partial charge >= 0.3 is 0 Å². The lowest BCUT2D eigenvalue weighted by atomic mass is 10.2. The topological polar surface area (TPSA) is 110 Å². The van der Waals surface area contributed by atoms with Gasteiger partial charge in [-0.1, -0.05) is 0 Å². The lowest BCUT2D eigenvalue weighted by Crippen LogP contribution is -2.50. The van der Waals surface area contributed by atoms with Crippen LogP contribution in [0.15, 0.2) is 29.2 Å². The van der Waals surface area contributed by atoms with Gasteiger partial charge < -0.3 is 9.64 Å². The summed E-state index contributed by atoms with van der Waals surface area (Å²) in [6, 6.07) is 4.01. The van der Waals surface area contributed by atoms with E-state index < -0.39 is 21.0 Å². The SMILES string of the molecule is O=C(C1CCCN1S(=O)(=O)c1ccc([N+](=O)[O-])cc1)N1CCOCC1. The smallest absolute Gasteiger partial charge is 0.269 e. The third-order valence-electron chi connectivity index (χ3n) is 4.47. The molecular weight excluding hydrogens is 350 g/mol. The summed E-state index contributed by atoms with van der Waals surface area (Å²) in [5.41, 5.74) is -0.179. The van der Waals surface area contributed by atoms with Crippen LogP contribution in [0.3, 0.4) is 0 Å². The van der Waals surface area contributed by atoms with Crippen molar-refractivity contribution in [1.82, 2.24) is 9.21 Å². The van der Waals surface area contributed by atoms with Crippen molar-refractivity contribution in [3.63, 3.8) is 0 Å². The summed E-state index contributed by atoms with van der Waals surface area (Å²) in [7, 11) is -3.88. The molecule has 2 fully saturated rings. The number of sulfonamides is 1. The standard InChI is InChI=1S/C15H19N3O6S/c19-15(16-8-10-24-11-9-16)14-2-1-7-17(14)25(22,23)13-5-3-12(4-6-13)18(20)21/h3-6,14H,1-2,7-11H2. The highest BCUT2D eigenvalue weighted by Crippen LogP contribution is 2.28. The van der Waals surface area contributed by atoms with E-state index in [4.69, 9.17) is 4.74 Å². The summed E-state index contributed by atoms with van der Waals surface area (Å²) >= 11 is 0. The van der Waals surface area contributed by atoms with Gasteiger partial charge in [0.25, 0.3) is 5.69 Å². The Labute approximate surface area is 145 Å². The number of benzene rings is 1. The number of nitro groups is 1. The largest absolute Gasteiger partial charge is 0.378 e. The fourth-order valence-electron chi connectivity index (χ4n) is 3.14. The van der Waals surface area contributed by atoms with E-state index >= 15 is 0 Å². The van der Waals surface area contributed by atoms with Gasteiger partial charge in [0, 0.05) is 31.8 Å². The van der Waals surface area contributed by atoms with Crippen LogP contribution in [0, 0.1) is 10.1 Å². The number of non-ortho nitro benzene ring substituents is 1. The van der Waals surface area contributed by atoms with Crippen LogP contribution >= 0.6 is 0 Å². The monoisotopic (exact) mass is 369 g/mol. The van der Waals surface area contributed by atoms with Crippen molar-refractivity contribution in [3.05, 3.63) is 34.4 Å². The number of rotatable bonds is 4. The molecule has 2 saturated heterocycles. The number of nitrogens with zero attached hydrogens (tertiary/aromatic N) is 3. The second kappa shape index (κ2) is 7.06. The van der Waals surface area contributed by atoms with Crippen molar-refractivity contribution >= 4 is 21.6 Å². The minimum Gasteiger partial charge on any atom is -0.378 e. The molecule has 0 bridgehead atoms. The minimum atomic E-state index is -3.88. The maximum Gasteiger partial charge on any atom is 0.269 e. The van der Waals surface area contributed by atoms with Crippen LogP contribution < -0.4 is 0 Å². The lowest BCUT2D eigenvalue weighted by Gasteiger charge is -2.32. The minimum absolute atomic E-state index is 0.0419. The molecular formula is C15H19N3O6S. The van der Waals surface area contributed by atoms with E-state index in [1.165, 1.54) is 16.4 Å². The molecule has 9 nitrogen and oxygen atoms in total. The van der Waals surface area contributed by atoms with Gasteiger partial charge in [-0.3, -0.25) is 14.9 Å². The zero-order valence-corrected chi connectivity index (χ0v) is 14.4. The van der Waals surface area contributed by atoms with Crippen molar-refractivity contribution in [2.24, 2.45) is 0 Å². The van der Waals surface area contributed by atoms with Crippen molar-refractivity contribution in [2.45, 2.75) is 23.8 Å². The van der Waals surface area contributed by atoms with Crippen molar-refractivity contribution in [1.29, 1.82) is 0 Å². The molecule has 2 aliphatic rings. The molecule has 25 heavy (non-hydrogen) atoms. The lowest BCUT2D eigenvalue weighted by molar-refractivity contribution is -0.384. The van der Waals surface area contributed by atoms with E-state index in [0.717, 1.165) is 12.1 Å². The van der Waals surface area contributed by atoms with Crippen LogP contribution in [0.2, 0.25) is 0 Å². The Hall–Kier alpha value is -2.04. The number of ether oxygens (including phenoxy) is 1. The molecule has 1 aromatic carbocycles. The quantitative estimate of drug-likeness (QED) is 0.568. The van der Waals surface area contributed by atoms with Gasteiger partial charge in [0.1, 0.15) is 6.04 Å². The number of morpholine rings is 1. The highest BCUT2D eigenvalue weighted by molar-refractivity contribution is 7.89. The normalized spacial score (nSPS) is 22.1. The third kappa shape index (κ3) is 3.51. The first kappa shape index (κ1) is 17.8. The van der Waals surface area contributed by atoms with E-state index in [1.54, 1.807) is 4.90 Å². The Balaban J connectivity index is 1.82. The van der Waals surface area contributed by atoms with Crippen LogP contribution in [0.25, 0.3) is 0 Å². The molecule has 2 heterocycles. The van der Waals surface area contributed by atoms with Crippen LogP contribution in [-0.4, -0.2) is 67.3 Å². The van der Waals surface area contributed by atoms with E-state index in [-0.39, 0.29) is 23.0 Å². The Bertz CT molecular complexity index is 758. The highest BCUT2D eigenvalue weighted by Gasteiger charge is 2.41. The first-order valence-electron chi connectivity index (χ1n) is 8.04. The molecule has 0 aliphatic carbocycles. The highest BCUT2D eigenvalue weighted by atomic mass is 32.2. The third-order valence-corrected chi connectivity index (χ3v) is 6.39. The molecule has 1 atom stereocenters. The molecule has 3 rings (SSSR count). The number of carbonyl (C=O) groups is 1. The maximum atomic E-state index is 12.9. The molecule has 2 aliphatic heterocycles. The number of hydrogen-bond acceptors (Lipinski definition) is 6. The van der Waals surface area contributed by atoms with Crippen LogP contribution in [0.1, 0.15) is 12.8 Å². The number of nitro benzene ring substituents is 1. The number of carbonyl (C=O) groups excluding carboxylic acids is 1.